The fourth-order valence-electron chi connectivity index (χ4n) is 0. The van der Waals surface area contributed by atoms with Crippen molar-refractivity contribution in [2.24, 2.45) is 0 Å². The van der Waals surface area contributed by atoms with Gasteiger partial charge in [-0.05, 0) is 23.2 Å². The summed E-state index contributed by atoms with van der Waals surface area (Å²) in [6.45, 7) is 0. The van der Waals surface area contributed by atoms with Gasteiger partial charge in [0.05, 0.1) is 0 Å². The number of hydrogen-bond donors (Lipinski definition) is 0. The third-order valence-electron chi connectivity index (χ3n) is 0. The van der Waals surface area contributed by atoms with Crippen LogP contribution in [0.15, 0.2) is 0 Å². The summed E-state index contributed by atoms with van der Waals surface area (Å²) >= 11 is 8.80. The molecule has 1 nitrogen and oxygen atoms in total. The molecule has 5 heavy (non-hydrogen) atoms. The molecule has 0 bridgehead atoms. The van der Waals surface area contributed by atoms with E-state index in [0.29, 0.717) is 0 Å². The summed E-state index contributed by atoms with van der Waals surface area (Å²) in [6, 6.07) is 0. The molecule has 0 aliphatic carbocycles. The van der Waals surface area contributed by atoms with E-state index < -0.39 is 4.70 Å². The SMILES string of the molecule is O=C(Cl)Cl.[Sn]. The van der Waals surface area contributed by atoms with Crippen molar-refractivity contribution >= 4 is 51.8 Å². The van der Waals surface area contributed by atoms with E-state index >= 15 is 0 Å². The zero-order chi connectivity index (χ0) is 3.58. The van der Waals surface area contributed by atoms with Gasteiger partial charge in [-0.2, -0.15) is 0 Å². The van der Waals surface area contributed by atoms with Crippen LogP contribution in [0.1, 0.15) is 0 Å². The number of rotatable bonds is 0. The minimum Gasteiger partial charge on any atom is -0.262 e. The molecule has 0 aliphatic heterocycles. The predicted molar refractivity (Wildman–Crippen MR) is 22.9 cm³/mol. The summed E-state index contributed by atoms with van der Waals surface area (Å²) in [7, 11) is 0. The van der Waals surface area contributed by atoms with Gasteiger partial charge in [-0.1, -0.05) is 0 Å². The minimum absolute atomic E-state index is 0. The summed E-state index contributed by atoms with van der Waals surface area (Å²) in [5, 5.41) is 0. The molecular formula is CCl2OSn. The molecule has 0 amide bonds. The Bertz CT molecular complexity index is 32.6. The molecule has 0 saturated heterocycles. The molecular weight excluding hydrogens is 218 g/mol. The third kappa shape index (κ3) is 42.7. The quantitative estimate of drug-likeness (QED) is 0.440. The molecule has 0 rings (SSSR count). The molecule has 0 aliphatic rings. The third-order valence-corrected chi connectivity index (χ3v) is 0. The maximum Gasteiger partial charge on any atom is 0.313 e. The molecule has 0 unspecified atom stereocenters. The van der Waals surface area contributed by atoms with Crippen molar-refractivity contribution in [1.29, 1.82) is 0 Å². The molecule has 0 spiro atoms. The smallest absolute Gasteiger partial charge is 0.262 e. The van der Waals surface area contributed by atoms with E-state index in [9.17, 15) is 0 Å². The van der Waals surface area contributed by atoms with Gasteiger partial charge in [0, 0.05) is 23.9 Å². The van der Waals surface area contributed by atoms with Crippen LogP contribution in [0.2, 0.25) is 0 Å². The second-order valence-electron chi connectivity index (χ2n) is 0.226. The first-order chi connectivity index (χ1) is 1.73. The van der Waals surface area contributed by atoms with Crippen molar-refractivity contribution < 1.29 is 4.79 Å². The molecule has 0 atom stereocenters. The Labute approximate surface area is 56.6 Å². The Morgan fingerprint density at radius 1 is 1.40 bits per heavy atom. The van der Waals surface area contributed by atoms with Crippen molar-refractivity contribution in [2.75, 3.05) is 0 Å². The van der Waals surface area contributed by atoms with E-state index in [0.717, 1.165) is 0 Å². The normalized spacial score (nSPS) is 5.20. The van der Waals surface area contributed by atoms with Crippen LogP contribution >= 0.6 is 23.2 Å². The van der Waals surface area contributed by atoms with Crippen LogP contribution in [-0.2, 0) is 0 Å². The second kappa shape index (κ2) is 5.05. The van der Waals surface area contributed by atoms with Crippen molar-refractivity contribution in [1.82, 2.24) is 0 Å². The first kappa shape index (κ1) is 9.41. The zero-order valence-electron chi connectivity index (χ0n) is 2.16. The number of carbonyl (C=O) groups excluding carboxylic acids is 1. The minimum atomic E-state index is -0.889. The fraction of sp³-hybridized carbons (Fsp3) is 0. The summed E-state index contributed by atoms with van der Waals surface area (Å²) in [5.41, 5.74) is 0. The van der Waals surface area contributed by atoms with E-state index in [1.807, 2.05) is 0 Å². The van der Waals surface area contributed by atoms with E-state index in [4.69, 9.17) is 4.79 Å². The molecule has 0 aromatic rings. The maximum absolute atomic E-state index is 8.98. The molecule has 0 N–H and O–H groups in total. The Kier molecular flexibility index (Phi) is 9.50. The van der Waals surface area contributed by atoms with E-state index in [2.05, 4.69) is 23.2 Å². The van der Waals surface area contributed by atoms with Gasteiger partial charge < -0.3 is 0 Å². The van der Waals surface area contributed by atoms with Crippen LogP contribution in [0, 0.1) is 0 Å². The van der Waals surface area contributed by atoms with E-state index in [1.165, 1.54) is 0 Å². The van der Waals surface area contributed by atoms with Crippen molar-refractivity contribution in [3.8, 4) is 0 Å². The summed E-state index contributed by atoms with van der Waals surface area (Å²) in [4.78, 5) is 8.98. The Balaban J connectivity index is 0. The zero-order valence-corrected chi connectivity index (χ0v) is 6.53. The molecule has 0 aromatic heterocycles. The summed E-state index contributed by atoms with van der Waals surface area (Å²) in [5.74, 6) is 0. The summed E-state index contributed by atoms with van der Waals surface area (Å²) in [6.07, 6.45) is 0. The molecule has 0 fully saturated rings. The maximum atomic E-state index is 8.98. The first-order valence-corrected chi connectivity index (χ1v) is 1.34. The van der Waals surface area contributed by atoms with Gasteiger partial charge in [-0.15, -0.1) is 0 Å². The average molecular weight is 218 g/mol. The molecule has 4 radical (unpaired) electrons. The largest absolute Gasteiger partial charge is 0.313 e. The average Bonchev–Trinajstić information content (AvgIpc) is 0.811. The van der Waals surface area contributed by atoms with Gasteiger partial charge >= 0.3 is 4.70 Å². The molecule has 4 heteroatoms. The predicted octanol–water partition coefficient (Wildman–Crippen LogP) is 1.20. The fourth-order valence-corrected chi connectivity index (χ4v) is 0. The van der Waals surface area contributed by atoms with Gasteiger partial charge in [0.25, 0.3) is 0 Å². The number of hydrogen-bond acceptors (Lipinski definition) is 1. The van der Waals surface area contributed by atoms with E-state index in [1.54, 1.807) is 0 Å². The molecule has 28 valence electrons. The first-order valence-electron chi connectivity index (χ1n) is 0.582. The topological polar surface area (TPSA) is 17.1 Å². The van der Waals surface area contributed by atoms with Crippen molar-refractivity contribution in [3.05, 3.63) is 0 Å². The molecule has 0 aromatic carbocycles. The standard InChI is InChI=1S/CCl2O.Sn/c2-1(3)4;. The van der Waals surface area contributed by atoms with Crippen LogP contribution < -0.4 is 0 Å². The monoisotopic (exact) mass is 218 g/mol. The Hall–Kier alpha value is 1.05. The van der Waals surface area contributed by atoms with Gasteiger partial charge in [-0.3, -0.25) is 4.79 Å². The van der Waals surface area contributed by atoms with Crippen LogP contribution in [-0.4, -0.2) is 28.6 Å². The van der Waals surface area contributed by atoms with Crippen molar-refractivity contribution in [3.63, 3.8) is 0 Å². The Morgan fingerprint density at radius 3 is 1.40 bits per heavy atom. The van der Waals surface area contributed by atoms with Gasteiger partial charge in [-0.25, -0.2) is 0 Å². The van der Waals surface area contributed by atoms with E-state index in [-0.39, 0.29) is 23.9 Å². The van der Waals surface area contributed by atoms with Crippen molar-refractivity contribution in [2.45, 2.75) is 0 Å². The van der Waals surface area contributed by atoms with Gasteiger partial charge in [0.1, 0.15) is 0 Å². The van der Waals surface area contributed by atoms with Crippen LogP contribution in [0.3, 0.4) is 0 Å². The van der Waals surface area contributed by atoms with Crippen LogP contribution in [0.25, 0.3) is 0 Å². The number of halogens is 2. The van der Waals surface area contributed by atoms with Gasteiger partial charge in [0.15, 0.2) is 0 Å². The Morgan fingerprint density at radius 2 is 1.40 bits per heavy atom. The summed E-state index contributed by atoms with van der Waals surface area (Å²) < 4.78 is -0.889. The number of carbonyl (C=O) groups is 1. The molecule has 0 saturated carbocycles. The van der Waals surface area contributed by atoms with Crippen LogP contribution in [0.5, 0.6) is 0 Å². The van der Waals surface area contributed by atoms with Crippen LogP contribution in [0.4, 0.5) is 4.79 Å². The second-order valence-corrected chi connectivity index (χ2v) is 1.11. The molecule has 0 heterocycles. The van der Waals surface area contributed by atoms with Gasteiger partial charge in [0.2, 0.25) is 0 Å².